The van der Waals surface area contributed by atoms with Gasteiger partial charge in [0.1, 0.15) is 24.2 Å². The molecule has 222 valence electrons. The number of nitrogens with zero attached hydrogens (tertiary/aromatic N) is 1. The number of benzene rings is 2. The van der Waals surface area contributed by atoms with Crippen molar-refractivity contribution in [3.63, 3.8) is 0 Å². The highest BCUT2D eigenvalue weighted by Crippen LogP contribution is 2.32. The van der Waals surface area contributed by atoms with Crippen LogP contribution in [0.15, 0.2) is 48.5 Å². The van der Waals surface area contributed by atoms with Crippen molar-refractivity contribution in [3.05, 3.63) is 64.7 Å². The molecule has 1 heterocycles. The Balaban J connectivity index is 1.70. The average molecular weight is 587 g/mol. The van der Waals surface area contributed by atoms with E-state index in [0.29, 0.717) is 30.1 Å². The Kier molecular flexibility index (Phi) is 11.0. The lowest BCUT2D eigenvalue weighted by Gasteiger charge is -2.41. The lowest BCUT2D eigenvalue weighted by atomic mass is 9.79. The van der Waals surface area contributed by atoms with Crippen LogP contribution in [-0.4, -0.2) is 60.7 Å². The van der Waals surface area contributed by atoms with Crippen LogP contribution in [-0.2, 0) is 32.0 Å². The molecule has 0 aromatic heterocycles. The second kappa shape index (κ2) is 14.2. The number of ether oxygens (including phenoxy) is 2. The summed E-state index contributed by atoms with van der Waals surface area (Å²) in [6, 6.07) is 14.6. The smallest absolute Gasteiger partial charge is 0.411 e. The first-order valence-corrected chi connectivity index (χ1v) is 14.1. The van der Waals surface area contributed by atoms with Crippen molar-refractivity contribution in [1.82, 2.24) is 15.5 Å². The van der Waals surface area contributed by atoms with Gasteiger partial charge in [0.05, 0.1) is 0 Å². The van der Waals surface area contributed by atoms with E-state index in [1.165, 1.54) is 4.90 Å². The highest BCUT2D eigenvalue weighted by molar-refractivity contribution is 6.31. The summed E-state index contributed by atoms with van der Waals surface area (Å²) >= 11 is 6.27. The summed E-state index contributed by atoms with van der Waals surface area (Å²) in [5.41, 5.74) is 0.523. The maximum atomic E-state index is 13.6. The molecular weight excluding hydrogens is 548 g/mol. The number of carbonyl (C=O) groups is 4. The minimum absolute atomic E-state index is 0.00860. The molecule has 0 radical (unpaired) electrons. The van der Waals surface area contributed by atoms with Crippen molar-refractivity contribution in [2.75, 3.05) is 31.6 Å². The second-order valence-corrected chi connectivity index (χ2v) is 11.5. The van der Waals surface area contributed by atoms with Crippen molar-refractivity contribution >= 4 is 41.3 Å². The molecule has 1 aliphatic heterocycles. The Hall–Kier alpha value is -3.79. The van der Waals surface area contributed by atoms with Crippen LogP contribution in [0.3, 0.4) is 0 Å². The number of halogens is 1. The third-order valence-corrected chi connectivity index (χ3v) is 7.05. The van der Waals surface area contributed by atoms with Gasteiger partial charge in [0.15, 0.2) is 0 Å². The number of carbonyl (C=O) groups excluding carboxylic acids is 4. The van der Waals surface area contributed by atoms with Gasteiger partial charge < -0.3 is 25.0 Å². The highest BCUT2D eigenvalue weighted by atomic mass is 35.5. The van der Waals surface area contributed by atoms with Crippen LogP contribution in [0.4, 0.5) is 15.3 Å². The van der Waals surface area contributed by atoms with Gasteiger partial charge in [-0.25, -0.2) is 9.59 Å². The van der Waals surface area contributed by atoms with E-state index in [-0.39, 0.29) is 38.1 Å². The number of hydrogen-bond acceptors (Lipinski definition) is 6. The first-order chi connectivity index (χ1) is 19.4. The summed E-state index contributed by atoms with van der Waals surface area (Å²) in [5, 5.41) is 8.58. The first-order valence-electron chi connectivity index (χ1n) is 13.7. The van der Waals surface area contributed by atoms with Gasteiger partial charge in [0.2, 0.25) is 11.8 Å². The third-order valence-electron chi connectivity index (χ3n) is 6.68. The number of piperidine rings is 1. The predicted octanol–water partition coefficient (Wildman–Crippen LogP) is 4.90. The lowest BCUT2D eigenvalue weighted by Crippen LogP contribution is -2.57. The number of rotatable bonds is 9. The van der Waals surface area contributed by atoms with E-state index in [2.05, 4.69) is 16.0 Å². The molecule has 0 bridgehead atoms. The molecule has 0 aliphatic carbocycles. The highest BCUT2D eigenvalue weighted by Gasteiger charge is 2.45. The molecule has 4 amide bonds. The van der Waals surface area contributed by atoms with E-state index in [0.717, 1.165) is 17.5 Å². The zero-order valence-corrected chi connectivity index (χ0v) is 24.8. The zero-order chi connectivity index (χ0) is 30.0. The second-order valence-electron chi connectivity index (χ2n) is 11.1. The average Bonchev–Trinajstić information content (AvgIpc) is 2.94. The molecule has 1 unspecified atom stereocenters. The lowest BCUT2D eigenvalue weighted by molar-refractivity contribution is -0.143. The fourth-order valence-electron chi connectivity index (χ4n) is 4.47. The Morgan fingerprint density at radius 2 is 1.71 bits per heavy atom. The molecule has 3 N–H and O–H groups in total. The van der Waals surface area contributed by atoms with Crippen molar-refractivity contribution < 1.29 is 28.7 Å². The van der Waals surface area contributed by atoms with Crippen LogP contribution >= 0.6 is 11.6 Å². The molecule has 3 rings (SSSR count). The Morgan fingerprint density at radius 1 is 1.00 bits per heavy atom. The molecule has 2 aromatic carbocycles. The molecule has 2 aromatic rings. The number of alkyl carbamates (subject to hydrolysis) is 1. The van der Waals surface area contributed by atoms with Gasteiger partial charge >= 0.3 is 12.2 Å². The monoisotopic (exact) mass is 586 g/mol. The van der Waals surface area contributed by atoms with Crippen LogP contribution in [0.25, 0.3) is 0 Å². The summed E-state index contributed by atoms with van der Waals surface area (Å²) in [4.78, 5) is 52.9. The summed E-state index contributed by atoms with van der Waals surface area (Å²) in [6.07, 6.45) is 0.352. The number of hydrogen-bond donors (Lipinski definition) is 3. The van der Waals surface area contributed by atoms with E-state index < -0.39 is 23.2 Å². The summed E-state index contributed by atoms with van der Waals surface area (Å²) in [6.45, 7) is 7.26. The third kappa shape index (κ3) is 9.67. The molecule has 1 atom stereocenters. The minimum Gasteiger partial charge on any atom is -0.448 e. The summed E-state index contributed by atoms with van der Waals surface area (Å²) < 4.78 is 10.8. The van der Waals surface area contributed by atoms with Gasteiger partial charge in [-0.15, -0.1) is 0 Å². The predicted molar refractivity (Wildman–Crippen MR) is 157 cm³/mol. The number of anilines is 1. The minimum atomic E-state index is -1.20. The molecule has 10 nitrogen and oxygen atoms in total. The van der Waals surface area contributed by atoms with Gasteiger partial charge in [-0.3, -0.25) is 14.9 Å². The fourth-order valence-corrected chi connectivity index (χ4v) is 4.68. The zero-order valence-electron chi connectivity index (χ0n) is 24.1. The maximum Gasteiger partial charge on any atom is 0.411 e. The molecule has 1 aliphatic rings. The van der Waals surface area contributed by atoms with Crippen LogP contribution < -0.4 is 16.0 Å². The van der Waals surface area contributed by atoms with Crippen LogP contribution in [0.2, 0.25) is 5.02 Å². The van der Waals surface area contributed by atoms with E-state index in [4.69, 9.17) is 21.1 Å². The van der Waals surface area contributed by atoms with Crippen molar-refractivity contribution in [2.24, 2.45) is 5.41 Å². The van der Waals surface area contributed by atoms with Gasteiger partial charge in [0.25, 0.3) is 0 Å². The Morgan fingerprint density at radius 3 is 2.37 bits per heavy atom. The first kappa shape index (κ1) is 31.7. The van der Waals surface area contributed by atoms with Crippen LogP contribution in [0, 0.1) is 5.41 Å². The number of likely N-dealkylation sites (tertiary alicyclic amines) is 1. The fraction of sp³-hybridized carbons (Fsp3) is 0.467. The van der Waals surface area contributed by atoms with Crippen molar-refractivity contribution in [2.45, 2.75) is 59.1 Å². The standard InChI is InChI=1S/C30H39ClN4O6/c1-5-21-11-13-23(14-12-21)34-28(39)40-20-30(26(37)32-17-22-9-6-7-10-24(22)31)15-8-16-35(19-30)25(36)18-33-27(38)41-29(2,3)4/h6-7,9-14H,5,8,15-20H2,1-4H3,(H,32,37)(H,33,38)(H,34,39). The maximum absolute atomic E-state index is 13.6. The van der Waals surface area contributed by atoms with Crippen LogP contribution in [0.5, 0.6) is 0 Å². The van der Waals surface area contributed by atoms with Crippen molar-refractivity contribution in [3.8, 4) is 0 Å². The number of nitrogens with one attached hydrogen (secondary N) is 3. The van der Waals surface area contributed by atoms with E-state index in [1.807, 2.05) is 31.2 Å². The topological polar surface area (TPSA) is 126 Å². The quantitative estimate of drug-likeness (QED) is 0.384. The van der Waals surface area contributed by atoms with E-state index >= 15 is 0 Å². The SMILES string of the molecule is CCc1ccc(NC(=O)OCC2(C(=O)NCc3ccccc3Cl)CCCN(C(=O)CNC(=O)OC(C)(C)C)C2)cc1. The Bertz CT molecular complexity index is 1230. The van der Waals surface area contributed by atoms with E-state index in [1.54, 1.807) is 45.0 Å². The Labute approximate surface area is 246 Å². The normalized spacial score (nSPS) is 16.9. The molecular formula is C30H39ClN4O6. The molecule has 0 spiro atoms. The molecule has 1 saturated heterocycles. The van der Waals surface area contributed by atoms with Crippen LogP contribution in [0.1, 0.15) is 51.7 Å². The largest absolute Gasteiger partial charge is 0.448 e. The molecule has 0 saturated carbocycles. The van der Waals surface area contributed by atoms with Gasteiger partial charge in [-0.2, -0.15) is 0 Å². The van der Waals surface area contributed by atoms with Gasteiger partial charge in [0, 0.05) is 30.3 Å². The molecule has 1 fully saturated rings. The summed E-state index contributed by atoms with van der Waals surface area (Å²) in [5.74, 6) is -0.741. The van der Waals surface area contributed by atoms with Gasteiger partial charge in [-0.05, 0) is 69.4 Å². The molecule has 41 heavy (non-hydrogen) atoms. The molecule has 11 heteroatoms. The number of amides is 4. The van der Waals surface area contributed by atoms with Gasteiger partial charge in [-0.1, -0.05) is 48.9 Å². The number of aryl methyl sites for hydroxylation is 1. The van der Waals surface area contributed by atoms with Crippen molar-refractivity contribution in [1.29, 1.82) is 0 Å². The summed E-state index contributed by atoms with van der Waals surface area (Å²) in [7, 11) is 0. The van der Waals surface area contributed by atoms with E-state index in [9.17, 15) is 19.2 Å².